The molecule has 0 N–H and O–H groups in total. The van der Waals surface area contributed by atoms with E-state index in [0.717, 1.165) is 19.5 Å². The smallest absolute Gasteiger partial charge is 0.0918 e. The van der Waals surface area contributed by atoms with Gasteiger partial charge in [-0.1, -0.05) is 80.5 Å². The van der Waals surface area contributed by atoms with Crippen molar-refractivity contribution in [3.05, 3.63) is 69.2 Å². The Labute approximate surface area is 140 Å². The van der Waals surface area contributed by atoms with E-state index in [1.807, 2.05) is 36.4 Å². The van der Waals surface area contributed by atoms with Gasteiger partial charge in [-0.05, 0) is 29.3 Å². The summed E-state index contributed by atoms with van der Waals surface area (Å²) in [4.78, 5) is 0. The predicted molar refractivity (Wildman–Crippen MR) is 92.0 cm³/mol. The maximum atomic E-state index is 6.13. The van der Waals surface area contributed by atoms with E-state index in [1.54, 1.807) is 0 Å². The Morgan fingerprint density at radius 3 is 2.42 bits per heavy atom. The molecule has 19 heavy (non-hydrogen) atoms. The Hall–Kier alpha value is -0.100. The van der Waals surface area contributed by atoms with Crippen LogP contribution in [0.4, 0.5) is 0 Å². The Morgan fingerprint density at radius 2 is 1.79 bits per heavy atom. The zero-order valence-corrected chi connectivity index (χ0v) is 14.7. The monoisotopic (exact) mass is 450 g/mol. The largest absolute Gasteiger partial charge is 0.368 e. The molecule has 0 bridgehead atoms. The van der Waals surface area contributed by atoms with Crippen LogP contribution in [0.1, 0.15) is 17.2 Å². The van der Waals surface area contributed by atoms with Crippen molar-refractivity contribution < 1.29 is 4.74 Å². The highest BCUT2D eigenvalue weighted by Crippen LogP contribution is 2.25. The van der Waals surface area contributed by atoms with Gasteiger partial charge in [0.05, 0.1) is 12.7 Å². The molecule has 1 atom stereocenters. The van der Waals surface area contributed by atoms with Crippen molar-refractivity contribution in [2.24, 2.45) is 0 Å². The Morgan fingerprint density at radius 1 is 1.11 bits per heavy atom. The number of hydrogen-bond donors (Lipinski definition) is 0. The summed E-state index contributed by atoms with van der Waals surface area (Å²) < 4.78 is 7.96. The molecule has 0 aliphatic rings. The van der Waals surface area contributed by atoms with Crippen LogP contribution in [0.25, 0.3) is 0 Å². The van der Waals surface area contributed by atoms with Crippen LogP contribution in [-0.2, 0) is 11.3 Å². The fourth-order valence-electron chi connectivity index (χ4n) is 1.71. The number of hydrogen-bond acceptors (Lipinski definition) is 1. The maximum Gasteiger partial charge on any atom is 0.0918 e. The van der Waals surface area contributed by atoms with Crippen molar-refractivity contribution >= 4 is 50.1 Å². The third kappa shape index (κ3) is 4.45. The minimum Gasteiger partial charge on any atom is -0.368 e. The first-order valence-corrected chi connectivity index (χ1v) is 8.57. The highest BCUT2D eigenvalue weighted by Gasteiger charge is 2.11. The lowest BCUT2D eigenvalue weighted by atomic mass is 10.1. The maximum absolute atomic E-state index is 6.13. The van der Waals surface area contributed by atoms with Gasteiger partial charge in [-0.2, -0.15) is 0 Å². The highest BCUT2D eigenvalue weighted by atomic mass is 127. The summed E-state index contributed by atoms with van der Waals surface area (Å²) in [5, 5.41) is 0.755. The number of benzene rings is 2. The molecule has 0 spiro atoms. The molecule has 0 heterocycles. The van der Waals surface area contributed by atoms with Crippen LogP contribution < -0.4 is 0 Å². The van der Waals surface area contributed by atoms with Crippen LogP contribution in [0.5, 0.6) is 0 Å². The average molecular weight is 452 g/mol. The molecule has 1 unspecified atom stereocenters. The first-order valence-electron chi connectivity index (χ1n) is 5.87. The Kier molecular flexibility index (Phi) is 6.13. The van der Waals surface area contributed by atoms with Gasteiger partial charge in [0.15, 0.2) is 0 Å². The zero-order chi connectivity index (χ0) is 13.7. The van der Waals surface area contributed by atoms with Crippen LogP contribution in [0.3, 0.4) is 0 Å². The molecule has 1 nitrogen and oxygen atoms in total. The van der Waals surface area contributed by atoms with E-state index < -0.39 is 0 Å². The molecular formula is C15H13BrClIO. The van der Waals surface area contributed by atoms with Crippen molar-refractivity contribution in [3.63, 3.8) is 0 Å². The molecule has 100 valence electrons. The minimum absolute atomic E-state index is 0.0879. The lowest BCUT2D eigenvalue weighted by molar-refractivity contribution is 0.0577. The van der Waals surface area contributed by atoms with Crippen molar-refractivity contribution in [3.8, 4) is 0 Å². The normalized spacial score (nSPS) is 12.4. The number of ether oxygens (including phenoxy) is 1. The third-order valence-electron chi connectivity index (χ3n) is 2.78. The number of alkyl halides is 1. The van der Waals surface area contributed by atoms with Crippen molar-refractivity contribution in [2.45, 2.75) is 12.7 Å². The summed E-state index contributed by atoms with van der Waals surface area (Å²) in [6, 6.07) is 16.0. The summed E-state index contributed by atoms with van der Waals surface area (Å²) in [6.45, 7) is 0.531. The number of rotatable bonds is 5. The molecule has 4 heteroatoms. The first kappa shape index (κ1) is 15.3. The van der Waals surface area contributed by atoms with E-state index in [4.69, 9.17) is 16.3 Å². The quantitative estimate of drug-likeness (QED) is 0.413. The molecule has 0 aromatic heterocycles. The van der Waals surface area contributed by atoms with Gasteiger partial charge < -0.3 is 4.74 Å². The molecule has 0 saturated carbocycles. The summed E-state index contributed by atoms with van der Waals surface area (Å²) >= 11 is 11.9. The number of halogens is 3. The minimum atomic E-state index is 0.0879. The predicted octanol–water partition coefficient (Wildman–Crippen LogP) is 5.80. The molecule has 0 amide bonds. The average Bonchev–Trinajstić information content (AvgIpc) is 2.43. The van der Waals surface area contributed by atoms with Gasteiger partial charge in [0.2, 0.25) is 0 Å². The summed E-state index contributed by atoms with van der Waals surface area (Å²) in [6.07, 6.45) is 0.0879. The summed E-state index contributed by atoms with van der Waals surface area (Å²) in [5.41, 5.74) is 2.21. The summed E-state index contributed by atoms with van der Waals surface area (Å²) in [5.74, 6) is 0. The van der Waals surface area contributed by atoms with Crippen LogP contribution in [0.2, 0.25) is 5.02 Å². The fourth-order valence-corrected chi connectivity index (χ4v) is 2.93. The molecule has 0 radical (unpaired) electrons. The second-order valence-corrected chi connectivity index (χ2v) is 6.30. The zero-order valence-electron chi connectivity index (χ0n) is 10.2. The van der Waals surface area contributed by atoms with E-state index in [2.05, 4.69) is 50.7 Å². The molecule has 0 aliphatic heterocycles. The second-order valence-electron chi connectivity index (χ2n) is 4.10. The first-order chi connectivity index (χ1) is 9.20. The van der Waals surface area contributed by atoms with Gasteiger partial charge in [0.25, 0.3) is 0 Å². The lowest BCUT2D eigenvalue weighted by Crippen LogP contribution is -2.06. The van der Waals surface area contributed by atoms with Gasteiger partial charge in [0, 0.05) is 13.9 Å². The van der Waals surface area contributed by atoms with Crippen LogP contribution in [0.15, 0.2) is 53.0 Å². The van der Waals surface area contributed by atoms with E-state index in [-0.39, 0.29) is 6.10 Å². The molecule has 0 fully saturated rings. The SMILES string of the molecule is Clc1ccccc1COC(CI)c1ccc(Br)cc1. The van der Waals surface area contributed by atoms with E-state index in [9.17, 15) is 0 Å². The standard InChI is InChI=1S/C15H13BrClIO/c16-13-7-5-11(6-8-13)15(9-18)19-10-12-3-1-2-4-14(12)17/h1-8,15H,9-10H2. The van der Waals surface area contributed by atoms with Gasteiger partial charge in [-0.3, -0.25) is 0 Å². The molecule has 0 saturated heterocycles. The topological polar surface area (TPSA) is 9.23 Å². The van der Waals surface area contributed by atoms with Crippen molar-refractivity contribution in [1.29, 1.82) is 0 Å². The van der Waals surface area contributed by atoms with Crippen molar-refractivity contribution in [1.82, 2.24) is 0 Å². The molecule has 2 rings (SSSR count). The van der Waals surface area contributed by atoms with Gasteiger partial charge in [-0.15, -0.1) is 0 Å². The van der Waals surface area contributed by atoms with Crippen LogP contribution in [-0.4, -0.2) is 4.43 Å². The van der Waals surface area contributed by atoms with E-state index in [1.165, 1.54) is 5.56 Å². The molecule has 2 aromatic carbocycles. The van der Waals surface area contributed by atoms with Gasteiger partial charge in [0.1, 0.15) is 0 Å². The highest BCUT2D eigenvalue weighted by molar-refractivity contribution is 14.1. The Balaban J connectivity index is 2.04. The molecule has 0 aliphatic carbocycles. The van der Waals surface area contributed by atoms with Crippen molar-refractivity contribution in [2.75, 3.05) is 4.43 Å². The Bertz CT molecular complexity index is 530. The second kappa shape index (κ2) is 7.62. The van der Waals surface area contributed by atoms with Crippen LogP contribution >= 0.6 is 50.1 Å². The summed E-state index contributed by atoms with van der Waals surface area (Å²) in [7, 11) is 0. The molecule has 2 aromatic rings. The van der Waals surface area contributed by atoms with E-state index >= 15 is 0 Å². The van der Waals surface area contributed by atoms with Crippen LogP contribution in [0, 0.1) is 0 Å². The van der Waals surface area contributed by atoms with Gasteiger partial charge in [-0.25, -0.2) is 0 Å². The van der Waals surface area contributed by atoms with Gasteiger partial charge >= 0.3 is 0 Å². The fraction of sp³-hybridized carbons (Fsp3) is 0.200. The third-order valence-corrected chi connectivity index (χ3v) is 4.48. The lowest BCUT2D eigenvalue weighted by Gasteiger charge is -2.16. The molecular weight excluding hydrogens is 438 g/mol. The van der Waals surface area contributed by atoms with E-state index in [0.29, 0.717) is 6.61 Å².